The number of nitrogens with two attached hydrogens (primary N) is 1. The molecule has 0 bridgehead atoms. The van der Waals surface area contributed by atoms with Gasteiger partial charge < -0.3 is 11.1 Å². The van der Waals surface area contributed by atoms with Crippen molar-refractivity contribution < 1.29 is 4.79 Å². The maximum absolute atomic E-state index is 11.1. The van der Waals surface area contributed by atoms with Crippen LogP contribution in [0.5, 0.6) is 0 Å². The molecule has 0 aliphatic carbocycles. The van der Waals surface area contributed by atoms with E-state index < -0.39 is 5.91 Å². The Bertz CT molecular complexity index is 585. The Labute approximate surface area is 113 Å². The minimum absolute atomic E-state index is 0.407. The first-order valence-corrected chi connectivity index (χ1v) is 6.27. The minimum Gasteiger partial charge on any atom is -0.381 e. The number of benzene rings is 2. The first kappa shape index (κ1) is 13.1. The molecule has 0 saturated carbocycles. The van der Waals surface area contributed by atoms with Crippen molar-refractivity contribution in [2.45, 2.75) is 20.4 Å². The maximum Gasteiger partial charge on any atom is 0.248 e. The molecular weight excluding hydrogens is 236 g/mol. The molecule has 98 valence electrons. The van der Waals surface area contributed by atoms with Crippen molar-refractivity contribution in [3.63, 3.8) is 0 Å². The van der Waals surface area contributed by atoms with Crippen molar-refractivity contribution in [1.29, 1.82) is 0 Å². The van der Waals surface area contributed by atoms with Crippen LogP contribution in [0.3, 0.4) is 0 Å². The summed E-state index contributed by atoms with van der Waals surface area (Å²) in [5.41, 5.74) is 10.5. The van der Waals surface area contributed by atoms with E-state index in [1.807, 2.05) is 12.1 Å². The number of rotatable bonds is 4. The minimum atomic E-state index is -0.407. The van der Waals surface area contributed by atoms with E-state index in [9.17, 15) is 4.79 Å². The highest BCUT2D eigenvalue weighted by molar-refractivity contribution is 5.93. The summed E-state index contributed by atoms with van der Waals surface area (Å²) < 4.78 is 0. The fourth-order valence-corrected chi connectivity index (χ4v) is 2.10. The number of hydrogen-bond acceptors (Lipinski definition) is 2. The molecule has 0 aliphatic heterocycles. The average molecular weight is 254 g/mol. The van der Waals surface area contributed by atoms with Crippen LogP contribution in [0.15, 0.2) is 42.5 Å². The molecule has 0 atom stereocenters. The molecule has 2 rings (SSSR count). The molecule has 0 spiro atoms. The van der Waals surface area contributed by atoms with Crippen LogP contribution in [-0.2, 0) is 6.54 Å². The van der Waals surface area contributed by atoms with Gasteiger partial charge in [-0.1, -0.05) is 24.3 Å². The zero-order valence-electron chi connectivity index (χ0n) is 11.2. The number of hydrogen-bond donors (Lipinski definition) is 2. The lowest BCUT2D eigenvalue weighted by molar-refractivity contribution is 0.100. The Morgan fingerprint density at radius 3 is 2.37 bits per heavy atom. The van der Waals surface area contributed by atoms with Crippen LogP contribution in [0.2, 0.25) is 0 Å². The van der Waals surface area contributed by atoms with Crippen LogP contribution in [0.1, 0.15) is 27.0 Å². The third-order valence-corrected chi connectivity index (χ3v) is 3.26. The van der Waals surface area contributed by atoms with Crippen LogP contribution in [-0.4, -0.2) is 5.91 Å². The van der Waals surface area contributed by atoms with E-state index in [0.717, 1.165) is 12.2 Å². The zero-order valence-corrected chi connectivity index (χ0v) is 11.2. The van der Waals surface area contributed by atoms with E-state index in [1.54, 1.807) is 12.1 Å². The molecule has 0 aromatic heterocycles. The normalized spacial score (nSPS) is 10.2. The number of nitrogens with one attached hydrogen (secondary N) is 1. The zero-order chi connectivity index (χ0) is 13.8. The summed E-state index contributed by atoms with van der Waals surface area (Å²) in [6.45, 7) is 4.94. The van der Waals surface area contributed by atoms with Crippen molar-refractivity contribution in [2.24, 2.45) is 5.73 Å². The topological polar surface area (TPSA) is 55.1 Å². The van der Waals surface area contributed by atoms with Gasteiger partial charge in [0.1, 0.15) is 0 Å². The number of primary amides is 1. The summed E-state index contributed by atoms with van der Waals surface area (Å²) in [5, 5.41) is 3.33. The van der Waals surface area contributed by atoms with E-state index in [0.29, 0.717) is 5.56 Å². The van der Waals surface area contributed by atoms with E-state index >= 15 is 0 Å². The quantitative estimate of drug-likeness (QED) is 0.881. The van der Waals surface area contributed by atoms with Crippen molar-refractivity contribution in [2.75, 3.05) is 5.32 Å². The Morgan fingerprint density at radius 1 is 1.11 bits per heavy atom. The van der Waals surface area contributed by atoms with E-state index in [1.165, 1.54) is 16.7 Å². The second-order valence-corrected chi connectivity index (χ2v) is 4.67. The van der Waals surface area contributed by atoms with Crippen LogP contribution in [0.25, 0.3) is 0 Å². The molecule has 3 heteroatoms. The molecule has 0 aliphatic rings. The summed E-state index contributed by atoms with van der Waals surface area (Å²) in [4.78, 5) is 11.1. The van der Waals surface area contributed by atoms with E-state index in [4.69, 9.17) is 5.73 Å². The number of amides is 1. The molecule has 0 heterocycles. The predicted molar refractivity (Wildman–Crippen MR) is 78.2 cm³/mol. The van der Waals surface area contributed by atoms with Crippen molar-refractivity contribution in [3.05, 3.63) is 64.7 Å². The predicted octanol–water partition coefficient (Wildman–Crippen LogP) is 3.01. The first-order chi connectivity index (χ1) is 9.08. The molecule has 0 fully saturated rings. The van der Waals surface area contributed by atoms with Gasteiger partial charge in [-0.05, 0) is 48.7 Å². The van der Waals surface area contributed by atoms with Crippen molar-refractivity contribution >= 4 is 11.6 Å². The van der Waals surface area contributed by atoms with Crippen LogP contribution in [0.4, 0.5) is 5.69 Å². The molecule has 3 nitrogen and oxygen atoms in total. The highest BCUT2D eigenvalue weighted by Crippen LogP contribution is 2.16. The van der Waals surface area contributed by atoms with Crippen molar-refractivity contribution in [1.82, 2.24) is 0 Å². The van der Waals surface area contributed by atoms with Gasteiger partial charge in [0.2, 0.25) is 5.91 Å². The second kappa shape index (κ2) is 5.57. The molecule has 0 unspecified atom stereocenters. The monoisotopic (exact) mass is 254 g/mol. The van der Waals surface area contributed by atoms with Crippen LogP contribution in [0, 0.1) is 13.8 Å². The second-order valence-electron chi connectivity index (χ2n) is 4.67. The number of anilines is 1. The molecule has 0 radical (unpaired) electrons. The smallest absolute Gasteiger partial charge is 0.248 e. The highest BCUT2D eigenvalue weighted by Gasteiger charge is 2.04. The number of carbonyl (C=O) groups is 1. The molecule has 0 saturated heterocycles. The number of carbonyl (C=O) groups excluding carboxylic acids is 1. The Balaban J connectivity index is 2.15. The van der Waals surface area contributed by atoms with E-state index in [2.05, 4.69) is 37.4 Å². The summed E-state index contributed by atoms with van der Waals surface area (Å²) in [6.07, 6.45) is 0. The molecule has 19 heavy (non-hydrogen) atoms. The maximum atomic E-state index is 11.1. The molecule has 2 aromatic rings. The third-order valence-electron chi connectivity index (χ3n) is 3.26. The van der Waals surface area contributed by atoms with Gasteiger partial charge >= 0.3 is 0 Å². The van der Waals surface area contributed by atoms with Gasteiger partial charge in [0.25, 0.3) is 0 Å². The van der Waals surface area contributed by atoms with Gasteiger partial charge in [-0.2, -0.15) is 0 Å². The average Bonchev–Trinajstić information content (AvgIpc) is 2.38. The summed E-state index contributed by atoms with van der Waals surface area (Å²) in [6, 6.07) is 13.5. The van der Waals surface area contributed by atoms with E-state index in [-0.39, 0.29) is 0 Å². The Hall–Kier alpha value is -2.29. The highest BCUT2D eigenvalue weighted by atomic mass is 16.1. The lowest BCUT2D eigenvalue weighted by Gasteiger charge is -2.12. The molecule has 1 amide bonds. The van der Waals surface area contributed by atoms with Crippen LogP contribution < -0.4 is 11.1 Å². The SMILES string of the molecule is Cc1cccc(C)c1CNc1cccc(C(N)=O)c1. The van der Waals surface area contributed by atoms with Crippen molar-refractivity contribution in [3.8, 4) is 0 Å². The molecule has 2 aromatic carbocycles. The molecular formula is C16H18N2O. The Morgan fingerprint density at radius 2 is 1.74 bits per heavy atom. The summed E-state index contributed by atoms with van der Waals surface area (Å²) in [5.74, 6) is -0.407. The third kappa shape index (κ3) is 3.13. The standard InChI is InChI=1S/C16H18N2O/c1-11-5-3-6-12(2)15(11)10-18-14-8-4-7-13(9-14)16(17)19/h3-9,18H,10H2,1-2H3,(H2,17,19). The lowest BCUT2D eigenvalue weighted by atomic mass is 10.0. The lowest BCUT2D eigenvalue weighted by Crippen LogP contribution is -2.11. The van der Waals surface area contributed by atoms with Gasteiger partial charge in [0.05, 0.1) is 0 Å². The summed E-state index contributed by atoms with van der Waals surface area (Å²) in [7, 11) is 0. The number of aryl methyl sites for hydroxylation is 2. The molecule has 3 N–H and O–H groups in total. The fourth-order valence-electron chi connectivity index (χ4n) is 2.10. The van der Waals surface area contributed by atoms with Gasteiger partial charge in [0.15, 0.2) is 0 Å². The van der Waals surface area contributed by atoms with Gasteiger partial charge in [0, 0.05) is 17.8 Å². The largest absolute Gasteiger partial charge is 0.381 e. The van der Waals surface area contributed by atoms with Crippen LogP contribution >= 0.6 is 0 Å². The summed E-state index contributed by atoms with van der Waals surface area (Å²) >= 11 is 0. The first-order valence-electron chi connectivity index (χ1n) is 6.27. The Kier molecular flexibility index (Phi) is 3.85. The van der Waals surface area contributed by atoms with Gasteiger partial charge in [-0.3, -0.25) is 4.79 Å². The fraction of sp³-hybridized carbons (Fsp3) is 0.188. The van der Waals surface area contributed by atoms with Gasteiger partial charge in [-0.25, -0.2) is 0 Å². The van der Waals surface area contributed by atoms with Gasteiger partial charge in [-0.15, -0.1) is 0 Å².